The Balaban J connectivity index is 1.05. The van der Waals surface area contributed by atoms with E-state index in [0.717, 1.165) is 33.4 Å². The minimum Gasteiger partial charge on any atom is -0.309 e. The fourth-order valence-corrected chi connectivity index (χ4v) is 8.15. The third-order valence-corrected chi connectivity index (χ3v) is 10.8. The Kier molecular flexibility index (Phi) is 7.14. The fourth-order valence-electron chi connectivity index (χ4n) is 8.15. The summed E-state index contributed by atoms with van der Waals surface area (Å²) in [5, 5.41) is 8.32. The summed E-state index contributed by atoms with van der Waals surface area (Å²) in [6, 6.07) is 67.0. The molecular formula is C51H32N4. The van der Waals surface area contributed by atoms with E-state index in [1.807, 2.05) is 18.2 Å². The summed E-state index contributed by atoms with van der Waals surface area (Å²) in [6.45, 7) is 0. The van der Waals surface area contributed by atoms with Gasteiger partial charge in [0.2, 0.25) is 0 Å². The Morgan fingerprint density at radius 2 is 1.04 bits per heavy atom. The molecule has 55 heavy (non-hydrogen) atoms. The molecule has 0 unspecified atom stereocenters. The van der Waals surface area contributed by atoms with E-state index in [-0.39, 0.29) is 0 Å². The van der Waals surface area contributed by atoms with Gasteiger partial charge < -0.3 is 4.57 Å². The summed E-state index contributed by atoms with van der Waals surface area (Å²) < 4.78 is 2.40. The van der Waals surface area contributed by atoms with Crippen molar-refractivity contribution < 1.29 is 0 Å². The molecule has 8 aromatic carbocycles. The zero-order valence-electron chi connectivity index (χ0n) is 29.8. The molecule has 11 rings (SSSR count). The first-order chi connectivity index (χ1) is 27.2. The van der Waals surface area contributed by atoms with Crippen LogP contribution in [0.1, 0.15) is 0 Å². The van der Waals surface area contributed by atoms with Crippen molar-refractivity contribution >= 4 is 54.4 Å². The largest absolute Gasteiger partial charge is 0.309 e. The highest BCUT2D eigenvalue weighted by atomic mass is 15.0. The zero-order valence-corrected chi connectivity index (χ0v) is 29.8. The third kappa shape index (κ3) is 5.26. The van der Waals surface area contributed by atoms with Crippen molar-refractivity contribution in [2.45, 2.75) is 0 Å². The fraction of sp³-hybridized carbons (Fsp3) is 0. The minimum atomic E-state index is 0.645. The normalized spacial score (nSPS) is 11.6. The molecule has 4 heteroatoms. The van der Waals surface area contributed by atoms with Gasteiger partial charge in [-0.15, -0.1) is 0 Å². The lowest BCUT2D eigenvalue weighted by Gasteiger charge is -2.12. The van der Waals surface area contributed by atoms with Crippen LogP contribution in [0.5, 0.6) is 0 Å². The van der Waals surface area contributed by atoms with E-state index in [9.17, 15) is 0 Å². The molecule has 0 amide bonds. The maximum Gasteiger partial charge on any atom is 0.163 e. The lowest BCUT2D eigenvalue weighted by molar-refractivity contribution is 1.17. The highest BCUT2D eigenvalue weighted by Crippen LogP contribution is 2.41. The molecule has 0 saturated carbocycles. The van der Waals surface area contributed by atoms with Gasteiger partial charge in [0.05, 0.1) is 16.7 Å². The standard InChI is InChI=1S/C51H32N4/c1-2-10-33(11-3-1)35-19-22-36(23-20-35)49-44-17-9-29-52-51(44)54-50(53-49)37-25-27-42(28-26-37)55-46-18-8-16-43(41-24-21-34-12-4-5-13-38(34)30-41)48(46)45-31-39-14-6-7-15-40(39)32-47(45)55/h1-32H. The summed E-state index contributed by atoms with van der Waals surface area (Å²) in [4.78, 5) is 14.8. The summed E-state index contributed by atoms with van der Waals surface area (Å²) in [7, 11) is 0. The predicted octanol–water partition coefficient (Wildman–Crippen LogP) is 13.1. The molecule has 0 fully saturated rings. The lowest BCUT2D eigenvalue weighted by atomic mass is 9.96. The van der Waals surface area contributed by atoms with Crippen LogP contribution in [-0.2, 0) is 0 Å². The van der Waals surface area contributed by atoms with Crippen molar-refractivity contribution in [1.29, 1.82) is 0 Å². The van der Waals surface area contributed by atoms with Gasteiger partial charge in [-0.1, -0.05) is 127 Å². The maximum absolute atomic E-state index is 5.18. The minimum absolute atomic E-state index is 0.645. The number of nitrogens with zero attached hydrogens (tertiary/aromatic N) is 4. The van der Waals surface area contributed by atoms with E-state index in [0.29, 0.717) is 11.5 Å². The molecule has 3 aromatic heterocycles. The Morgan fingerprint density at radius 1 is 0.382 bits per heavy atom. The molecule has 0 aliphatic carbocycles. The van der Waals surface area contributed by atoms with Crippen LogP contribution >= 0.6 is 0 Å². The second kappa shape index (κ2) is 12.6. The van der Waals surface area contributed by atoms with E-state index in [2.05, 4.69) is 179 Å². The average molecular weight is 701 g/mol. The summed E-state index contributed by atoms with van der Waals surface area (Å²) in [5.41, 5.74) is 11.7. The van der Waals surface area contributed by atoms with Crippen LogP contribution in [-0.4, -0.2) is 19.5 Å². The third-order valence-electron chi connectivity index (χ3n) is 10.8. The number of rotatable bonds is 5. The molecule has 256 valence electrons. The molecule has 4 nitrogen and oxygen atoms in total. The Hall–Kier alpha value is -7.43. The second-order valence-electron chi connectivity index (χ2n) is 14.1. The van der Waals surface area contributed by atoms with Crippen LogP contribution in [0.15, 0.2) is 194 Å². The van der Waals surface area contributed by atoms with Gasteiger partial charge in [-0.25, -0.2) is 15.0 Å². The van der Waals surface area contributed by atoms with E-state index in [1.165, 1.54) is 60.1 Å². The predicted molar refractivity (Wildman–Crippen MR) is 228 cm³/mol. The van der Waals surface area contributed by atoms with Crippen molar-refractivity contribution in [3.63, 3.8) is 0 Å². The summed E-state index contributed by atoms with van der Waals surface area (Å²) in [6.07, 6.45) is 1.79. The van der Waals surface area contributed by atoms with Crippen molar-refractivity contribution in [3.05, 3.63) is 194 Å². The molecule has 0 bridgehead atoms. The maximum atomic E-state index is 5.18. The molecule has 0 saturated heterocycles. The lowest BCUT2D eigenvalue weighted by Crippen LogP contribution is -1.98. The second-order valence-corrected chi connectivity index (χ2v) is 14.1. The first-order valence-corrected chi connectivity index (χ1v) is 18.6. The number of pyridine rings is 1. The van der Waals surface area contributed by atoms with Gasteiger partial charge in [-0.05, 0) is 104 Å². The van der Waals surface area contributed by atoms with Crippen LogP contribution < -0.4 is 0 Å². The topological polar surface area (TPSA) is 43.6 Å². The van der Waals surface area contributed by atoms with Gasteiger partial charge in [-0.2, -0.15) is 0 Å². The van der Waals surface area contributed by atoms with E-state index in [1.54, 1.807) is 6.20 Å². The Morgan fingerprint density at radius 3 is 1.84 bits per heavy atom. The smallest absolute Gasteiger partial charge is 0.163 e. The summed E-state index contributed by atoms with van der Waals surface area (Å²) in [5.74, 6) is 0.645. The van der Waals surface area contributed by atoms with Crippen LogP contribution in [0.2, 0.25) is 0 Å². The molecule has 0 aliphatic rings. The highest BCUT2D eigenvalue weighted by Gasteiger charge is 2.18. The SMILES string of the molecule is c1ccc(-c2ccc(-c3nc(-c4ccc(-n5c6cc7ccccc7cc6c6c(-c7ccc8ccccc8c7)cccc65)cc4)nc4ncccc34)cc2)cc1. The van der Waals surface area contributed by atoms with Gasteiger partial charge >= 0.3 is 0 Å². The quantitative estimate of drug-likeness (QED) is 0.179. The number of fused-ring (bicyclic) bond motifs is 6. The van der Waals surface area contributed by atoms with Gasteiger partial charge in [0.15, 0.2) is 11.5 Å². The highest BCUT2D eigenvalue weighted by molar-refractivity contribution is 6.19. The Labute approximate surface area is 317 Å². The van der Waals surface area contributed by atoms with E-state index in [4.69, 9.17) is 9.97 Å². The van der Waals surface area contributed by atoms with E-state index < -0.39 is 0 Å². The molecule has 0 aliphatic heterocycles. The molecule has 0 N–H and O–H groups in total. The van der Waals surface area contributed by atoms with Crippen LogP contribution in [0.4, 0.5) is 0 Å². The molecular weight excluding hydrogens is 669 g/mol. The van der Waals surface area contributed by atoms with Crippen molar-refractivity contribution in [1.82, 2.24) is 19.5 Å². The van der Waals surface area contributed by atoms with Crippen LogP contribution in [0.3, 0.4) is 0 Å². The van der Waals surface area contributed by atoms with Crippen LogP contribution in [0, 0.1) is 0 Å². The van der Waals surface area contributed by atoms with E-state index >= 15 is 0 Å². The number of hydrogen-bond donors (Lipinski definition) is 0. The first kappa shape index (κ1) is 31.1. The van der Waals surface area contributed by atoms with Gasteiger partial charge in [0, 0.05) is 39.2 Å². The number of benzene rings is 8. The zero-order chi connectivity index (χ0) is 36.3. The van der Waals surface area contributed by atoms with Gasteiger partial charge in [0.25, 0.3) is 0 Å². The average Bonchev–Trinajstić information content (AvgIpc) is 3.58. The molecule has 11 aromatic rings. The summed E-state index contributed by atoms with van der Waals surface area (Å²) >= 11 is 0. The first-order valence-electron chi connectivity index (χ1n) is 18.6. The van der Waals surface area contributed by atoms with Crippen molar-refractivity contribution in [2.24, 2.45) is 0 Å². The molecule has 0 radical (unpaired) electrons. The van der Waals surface area contributed by atoms with Gasteiger partial charge in [-0.3, -0.25) is 0 Å². The monoisotopic (exact) mass is 700 g/mol. The Bertz CT molecular complexity index is 3240. The number of aromatic nitrogens is 4. The van der Waals surface area contributed by atoms with Crippen molar-refractivity contribution in [3.8, 4) is 50.6 Å². The van der Waals surface area contributed by atoms with Crippen molar-refractivity contribution in [2.75, 3.05) is 0 Å². The van der Waals surface area contributed by atoms with Crippen LogP contribution in [0.25, 0.3) is 105 Å². The molecule has 0 spiro atoms. The molecule has 0 atom stereocenters. The number of hydrogen-bond acceptors (Lipinski definition) is 3. The van der Waals surface area contributed by atoms with Gasteiger partial charge in [0.1, 0.15) is 0 Å². The molecule has 3 heterocycles.